The van der Waals surface area contributed by atoms with Gasteiger partial charge in [0.1, 0.15) is 5.75 Å². The second kappa shape index (κ2) is 12.6. The van der Waals surface area contributed by atoms with Gasteiger partial charge in [0.2, 0.25) is 5.91 Å². The Kier molecular flexibility index (Phi) is 11.0. The van der Waals surface area contributed by atoms with Gasteiger partial charge in [-0.2, -0.15) is 0 Å². The van der Waals surface area contributed by atoms with Gasteiger partial charge in [-0.15, -0.1) is 35.3 Å². The number of benzene rings is 1. The van der Waals surface area contributed by atoms with Gasteiger partial charge in [-0.25, -0.2) is 9.98 Å². The lowest BCUT2D eigenvalue weighted by Crippen LogP contribution is -2.43. The van der Waals surface area contributed by atoms with E-state index in [1.165, 1.54) is 4.88 Å². The van der Waals surface area contributed by atoms with E-state index in [9.17, 15) is 4.79 Å². The number of nitrogens with zero attached hydrogens (tertiary/aromatic N) is 3. The van der Waals surface area contributed by atoms with Gasteiger partial charge in [0.25, 0.3) is 0 Å². The zero-order valence-corrected chi connectivity index (χ0v) is 20.8. The van der Waals surface area contributed by atoms with E-state index in [0.29, 0.717) is 19.0 Å². The molecule has 1 amide bonds. The predicted molar refractivity (Wildman–Crippen MR) is 130 cm³/mol. The molecule has 2 N–H and O–H groups in total. The van der Waals surface area contributed by atoms with Gasteiger partial charge in [0.15, 0.2) is 5.96 Å². The van der Waals surface area contributed by atoms with E-state index in [2.05, 4.69) is 27.5 Å². The molecule has 0 spiro atoms. The molecule has 0 fully saturated rings. The fourth-order valence-electron chi connectivity index (χ4n) is 2.33. The van der Waals surface area contributed by atoms with Gasteiger partial charge in [0.05, 0.1) is 30.9 Å². The first-order valence-corrected chi connectivity index (χ1v) is 9.99. The lowest BCUT2D eigenvalue weighted by molar-refractivity contribution is -0.127. The number of aromatic nitrogens is 1. The maximum absolute atomic E-state index is 11.9. The summed E-state index contributed by atoms with van der Waals surface area (Å²) in [7, 11) is 5.11. The molecule has 0 saturated carbocycles. The second-order valence-electron chi connectivity index (χ2n) is 6.58. The van der Waals surface area contributed by atoms with Crippen LogP contribution in [0.4, 0.5) is 0 Å². The summed E-state index contributed by atoms with van der Waals surface area (Å²) in [4.78, 5) is 23.8. The molecule has 0 unspecified atom stereocenters. The molecule has 1 heterocycles. The fraction of sp³-hybridized carbons (Fsp3) is 0.450. The van der Waals surface area contributed by atoms with Crippen molar-refractivity contribution in [1.29, 1.82) is 0 Å². The Labute approximate surface area is 194 Å². The number of rotatable bonds is 8. The van der Waals surface area contributed by atoms with E-state index < -0.39 is 0 Å². The van der Waals surface area contributed by atoms with Crippen LogP contribution in [0.5, 0.6) is 5.75 Å². The van der Waals surface area contributed by atoms with Gasteiger partial charge in [-0.05, 0) is 31.5 Å². The molecule has 1 aromatic heterocycles. The topological polar surface area (TPSA) is 78.8 Å². The highest BCUT2D eigenvalue weighted by molar-refractivity contribution is 14.0. The van der Waals surface area contributed by atoms with Gasteiger partial charge in [-0.1, -0.05) is 12.1 Å². The largest absolute Gasteiger partial charge is 0.497 e. The first kappa shape index (κ1) is 25.2. The zero-order valence-electron chi connectivity index (χ0n) is 17.6. The van der Waals surface area contributed by atoms with E-state index >= 15 is 0 Å². The Morgan fingerprint density at radius 2 is 1.90 bits per heavy atom. The van der Waals surface area contributed by atoms with Crippen molar-refractivity contribution in [3.8, 4) is 5.75 Å². The number of hydrogen-bond donors (Lipinski definition) is 2. The van der Waals surface area contributed by atoms with Crippen LogP contribution in [-0.2, 0) is 17.8 Å². The molecule has 29 heavy (non-hydrogen) atoms. The van der Waals surface area contributed by atoms with Crippen molar-refractivity contribution in [2.45, 2.75) is 26.8 Å². The number of guanidine groups is 1. The van der Waals surface area contributed by atoms with E-state index in [1.54, 1.807) is 37.4 Å². The van der Waals surface area contributed by atoms with E-state index in [1.807, 2.05) is 31.2 Å². The SMILES string of the molecule is COc1ccc(CN=C(NCCc2nc(C)c(C)s2)NCC(=O)N(C)C)cc1.I. The highest BCUT2D eigenvalue weighted by Crippen LogP contribution is 2.16. The van der Waals surface area contributed by atoms with Crippen molar-refractivity contribution in [3.05, 3.63) is 45.4 Å². The minimum Gasteiger partial charge on any atom is -0.497 e. The average Bonchev–Trinajstić information content (AvgIpc) is 3.00. The quantitative estimate of drug-likeness (QED) is 0.311. The Morgan fingerprint density at radius 1 is 1.21 bits per heavy atom. The smallest absolute Gasteiger partial charge is 0.241 e. The van der Waals surface area contributed by atoms with Crippen molar-refractivity contribution in [2.24, 2.45) is 4.99 Å². The number of thiazole rings is 1. The predicted octanol–water partition coefficient (Wildman–Crippen LogP) is 2.75. The zero-order chi connectivity index (χ0) is 20.5. The molecule has 0 atom stereocenters. The lowest BCUT2D eigenvalue weighted by atomic mass is 10.2. The van der Waals surface area contributed by atoms with E-state index in [0.717, 1.165) is 28.4 Å². The molecule has 0 aliphatic carbocycles. The lowest BCUT2D eigenvalue weighted by Gasteiger charge is -2.15. The van der Waals surface area contributed by atoms with Crippen molar-refractivity contribution < 1.29 is 9.53 Å². The van der Waals surface area contributed by atoms with Gasteiger partial charge < -0.3 is 20.3 Å². The molecule has 9 heteroatoms. The molecule has 0 radical (unpaired) electrons. The molecule has 0 aliphatic rings. The van der Waals surface area contributed by atoms with Crippen LogP contribution >= 0.6 is 35.3 Å². The summed E-state index contributed by atoms with van der Waals surface area (Å²) in [6, 6.07) is 7.78. The van der Waals surface area contributed by atoms with E-state index in [-0.39, 0.29) is 36.4 Å². The Bertz CT molecular complexity index is 786. The van der Waals surface area contributed by atoms with Crippen molar-refractivity contribution in [1.82, 2.24) is 20.5 Å². The van der Waals surface area contributed by atoms with Crippen LogP contribution in [0.3, 0.4) is 0 Å². The summed E-state index contributed by atoms with van der Waals surface area (Å²) in [5.74, 6) is 1.41. The molecule has 2 rings (SSSR count). The molecule has 0 aliphatic heterocycles. The van der Waals surface area contributed by atoms with Crippen LogP contribution in [0.2, 0.25) is 0 Å². The second-order valence-corrected chi connectivity index (χ2v) is 7.87. The van der Waals surface area contributed by atoms with Crippen molar-refractivity contribution in [2.75, 3.05) is 34.3 Å². The Hall–Kier alpha value is -1.88. The van der Waals surface area contributed by atoms with Crippen LogP contribution in [0, 0.1) is 13.8 Å². The summed E-state index contributed by atoms with van der Waals surface area (Å²) in [6.45, 7) is 5.50. The van der Waals surface area contributed by atoms with Gasteiger partial charge in [-0.3, -0.25) is 4.79 Å². The van der Waals surface area contributed by atoms with Crippen molar-refractivity contribution >= 4 is 47.2 Å². The third kappa shape index (κ3) is 8.57. The van der Waals surface area contributed by atoms with Gasteiger partial charge in [0, 0.05) is 31.9 Å². The maximum Gasteiger partial charge on any atom is 0.241 e. The minimum atomic E-state index is -0.00915. The number of aliphatic imine (C=N–C) groups is 1. The third-order valence-electron chi connectivity index (χ3n) is 4.19. The maximum atomic E-state index is 11.9. The average molecular weight is 531 g/mol. The number of halogens is 1. The van der Waals surface area contributed by atoms with Crippen LogP contribution in [-0.4, -0.2) is 56.0 Å². The molecule has 160 valence electrons. The standard InChI is InChI=1S/C20H29N5O2S.HI/c1-14-15(2)28-18(24-14)10-11-21-20(23-13-19(26)25(3)4)22-12-16-6-8-17(27-5)9-7-16;/h6-9H,10-13H2,1-5H3,(H2,21,22,23);1H. The van der Waals surface area contributed by atoms with Crippen LogP contribution < -0.4 is 15.4 Å². The molecular weight excluding hydrogens is 501 g/mol. The minimum absolute atomic E-state index is 0. The van der Waals surface area contributed by atoms with E-state index in [4.69, 9.17) is 4.74 Å². The summed E-state index contributed by atoms with van der Waals surface area (Å²) in [5.41, 5.74) is 2.15. The first-order chi connectivity index (χ1) is 13.4. The molecule has 2 aromatic rings. The Balaban J connectivity index is 0.00000420. The number of carbonyl (C=O) groups excluding carboxylic acids is 1. The number of carbonyl (C=O) groups is 1. The highest BCUT2D eigenvalue weighted by atomic mass is 127. The normalized spacial score (nSPS) is 10.9. The fourth-order valence-corrected chi connectivity index (χ4v) is 3.26. The number of nitrogens with one attached hydrogen (secondary N) is 2. The van der Waals surface area contributed by atoms with Crippen LogP contribution in [0.15, 0.2) is 29.3 Å². The monoisotopic (exact) mass is 531 g/mol. The molecule has 1 aromatic carbocycles. The number of amides is 1. The number of aryl methyl sites for hydroxylation is 2. The molecule has 0 bridgehead atoms. The third-order valence-corrected chi connectivity index (χ3v) is 5.32. The number of ether oxygens (including phenoxy) is 1. The van der Waals surface area contributed by atoms with Crippen LogP contribution in [0.1, 0.15) is 21.1 Å². The molecule has 7 nitrogen and oxygen atoms in total. The Morgan fingerprint density at radius 3 is 2.45 bits per heavy atom. The number of hydrogen-bond acceptors (Lipinski definition) is 5. The first-order valence-electron chi connectivity index (χ1n) is 9.17. The summed E-state index contributed by atoms with van der Waals surface area (Å²) >= 11 is 1.72. The summed E-state index contributed by atoms with van der Waals surface area (Å²) in [5, 5.41) is 7.50. The van der Waals surface area contributed by atoms with Crippen LogP contribution in [0.25, 0.3) is 0 Å². The number of likely N-dealkylation sites (N-methyl/N-ethyl adjacent to an activating group) is 1. The summed E-state index contributed by atoms with van der Waals surface area (Å²) < 4.78 is 5.18. The van der Waals surface area contributed by atoms with Gasteiger partial charge >= 0.3 is 0 Å². The highest BCUT2D eigenvalue weighted by Gasteiger charge is 2.07. The molecule has 0 saturated heterocycles. The summed E-state index contributed by atoms with van der Waals surface area (Å²) in [6.07, 6.45) is 0.810. The number of methoxy groups -OCH3 is 1. The van der Waals surface area contributed by atoms with Crippen molar-refractivity contribution in [3.63, 3.8) is 0 Å². The molecular formula is C20H30IN5O2S.